The maximum absolute atomic E-state index is 5.93. The third kappa shape index (κ3) is 61.6. The van der Waals surface area contributed by atoms with Gasteiger partial charge in [-0.1, -0.05) is 233 Å². The highest BCUT2D eigenvalue weighted by molar-refractivity contribution is 4.70. The molecule has 3 nitrogen and oxygen atoms in total. The van der Waals surface area contributed by atoms with E-state index in [9.17, 15) is 0 Å². The Kier molecular flexibility index (Phi) is 52.3. The average molecular weight is 668 g/mol. The molecule has 0 bridgehead atoms. The number of nitrogens with two attached hydrogens (primary N) is 3. The molecule has 0 rings (SSSR count). The van der Waals surface area contributed by atoms with Crippen LogP contribution in [0.15, 0.2) is 0 Å². The van der Waals surface area contributed by atoms with Crippen LogP contribution in [0.2, 0.25) is 0 Å². The molecule has 3 heteroatoms. The van der Waals surface area contributed by atoms with Crippen molar-refractivity contribution in [3.63, 3.8) is 0 Å². The fourth-order valence-electron chi connectivity index (χ4n) is 6.22. The summed E-state index contributed by atoms with van der Waals surface area (Å²) in [6, 6.07) is 0. The smallest absolute Gasteiger partial charge is 0.00970 e. The monoisotopic (exact) mass is 668 g/mol. The van der Waals surface area contributed by atoms with Gasteiger partial charge in [-0.2, -0.15) is 0 Å². The van der Waals surface area contributed by atoms with Crippen LogP contribution in [0.5, 0.6) is 0 Å². The Balaban J connectivity index is -0.000000631. The highest BCUT2D eigenvalue weighted by atomic mass is 14.7. The van der Waals surface area contributed by atoms with Crippen molar-refractivity contribution in [2.45, 2.75) is 271 Å². The average Bonchev–Trinajstić information content (AvgIpc) is 3.05. The molecule has 6 N–H and O–H groups in total. The SMILES string of the molecule is CCCCCCCCCCCC(C)(C)N.CCCCCCCCCCCCCCCCCCN.CCCCCCCCCCCCN. The van der Waals surface area contributed by atoms with Crippen molar-refractivity contribution in [1.82, 2.24) is 0 Å². The van der Waals surface area contributed by atoms with Crippen LogP contribution in [-0.4, -0.2) is 18.6 Å². The van der Waals surface area contributed by atoms with Gasteiger partial charge in [0.15, 0.2) is 0 Å². The molecule has 0 heterocycles. The van der Waals surface area contributed by atoms with Gasteiger partial charge in [-0.25, -0.2) is 0 Å². The van der Waals surface area contributed by atoms with Crippen LogP contribution < -0.4 is 17.2 Å². The molecule has 0 amide bonds. The Morgan fingerprint density at radius 2 is 0.447 bits per heavy atom. The standard InChI is InChI=1S/C18H39N.C14H31N.C12H27N/c1-2-3-4-5-6-7-8-9-10-11-12-13-14-15-16-17-18-19;1-4-5-6-7-8-9-10-11-12-13-14(2,3)15;1-2-3-4-5-6-7-8-9-10-11-12-13/h2-19H2,1H3;4-13,15H2,1-3H3;2-13H2,1H3. The molecule has 0 fully saturated rings. The highest BCUT2D eigenvalue weighted by Crippen LogP contribution is 2.15. The van der Waals surface area contributed by atoms with E-state index in [4.69, 9.17) is 17.2 Å². The fraction of sp³-hybridized carbons (Fsp3) is 1.00. The summed E-state index contributed by atoms with van der Waals surface area (Å²) in [6.07, 6.45) is 50.5. The van der Waals surface area contributed by atoms with Crippen LogP contribution in [0.3, 0.4) is 0 Å². The zero-order valence-corrected chi connectivity index (χ0v) is 34.1. The van der Waals surface area contributed by atoms with Crippen molar-refractivity contribution in [2.75, 3.05) is 13.1 Å². The summed E-state index contributed by atoms with van der Waals surface area (Å²) in [5.41, 5.74) is 16.9. The molecule has 0 saturated heterocycles. The van der Waals surface area contributed by atoms with Crippen molar-refractivity contribution in [2.24, 2.45) is 17.2 Å². The van der Waals surface area contributed by atoms with Gasteiger partial charge >= 0.3 is 0 Å². The molecule has 47 heavy (non-hydrogen) atoms. The van der Waals surface area contributed by atoms with Crippen LogP contribution in [-0.2, 0) is 0 Å². The first-order valence-electron chi connectivity index (χ1n) is 22.1. The number of hydrogen-bond donors (Lipinski definition) is 3. The minimum Gasteiger partial charge on any atom is -0.330 e. The molecular formula is C44H97N3. The summed E-state index contributed by atoms with van der Waals surface area (Å²) < 4.78 is 0. The lowest BCUT2D eigenvalue weighted by atomic mass is 9.97. The zero-order chi connectivity index (χ0) is 35.4. The van der Waals surface area contributed by atoms with Crippen molar-refractivity contribution in [1.29, 1.82) is 0 Å². The topological polar surface area (TPSA) is 78.1 Å². The summed E-state index contributed by atoms with van der Waals surface area (Å²) in [5.74, 6) is 0. The van der Waals surface area contributed by atoms with E-state index in [0.717, 1.165) is 13.1 Å². The van der Waals surface area contributed by atoms with E-state index in [2.05, 4.69) is 34.6 Å². The molecule has 0 aromatic heterocycles. The van der Waals surface area contributed by atoms with Crippen molar-refractivity contribution in [3.8, 4) is 0 Å². The van der Waals surface area contributed by atoms with Gasteiger partial charge in [-0.3, -0.25) is 0 Å². The van der Waals surface area contributed by atoms with Crippen molar-refractivity contribution < 1.29 is 0 Å². The molecule has 0 radical (unpaired) electrons. The summed E-state index contributed by atoms with van der Waals surface area (Å²) >= 11 is 0. The van der Waals surface area contributed by atoms with E-state index in [1.165, 1.54) is 231 Å². The predicted molar refractivity (Wildman–Crippen MR) is 220 cm³/mol. The van der Waals surface area contributed by atoms with E-state index < -0.39 is 0 Å². The van der Waals surface area contributed by atoms with E-state index >= 15 is 0 Å². The molecule has 0 spiro atoms. The number of unbranched alkanes of at least 4 members (excludes halogenated alkanes) is 32. The highest BCUT2D eigenvalue weighted by Gasteiger charge is 2.08. The second-order valence-electron chi connectivity index (χ2n) is 15.6. The third-order valence-corrected chi connectivity index (χ3v) is 9.54. The van der Waals surface area contributed by atoms with Crippen LogP contribution >= 0.6 is 0 Å². The second-order valence-corrected chi connectivity index (χ2v) is 15.6. The first-order valence-corrected chi connectivity index (χ1v) is 22.1. The van der Waals surface area contributed by atoms with E-state index in [-0.39, 0.29) is 5.54 Å². The number of rotatable bonds is 36. The van der Waals surface area contributed by atoms with E-state index in [1.807, 2.05) is 0 Å². The Labute approximate surface area is 300 Å². The zero-order valence-electron chi connectivity index (χ0n) is 34.1. The molecular weight excluding hydrogens is 571 g/mol. The van der Waals surface area contributed by atoms with Gasteiger partial charge in [0.05, 0.1) is 0 Å². The van der Waals surface area contributed by atoms with Gasteiger partial charge in [0, 0.05) is 5.54 Å². The minimum atomic E-state index is 0.0428. The number of hydrogen-bond acceptors (Lipinski definition) is 3. The Morgan fingerprint density at radius 3 is 0.617 bits per heavy atom. The molecule has 0 unspecified atom stereocenters. The summed E-state index contributed by atoms with van der Waals surface area (Å²) in [5, 5.41) is 0. The van der Waals surface area contributed by atoms with Crippen molar-refractivity contribution in [3.05, 3.63) is 0 Å². The van der Waals surface area contributed by atoms with Gasteiger partial charge in [0.1, 0.15) is 0 Å². The van der Waals surface area contributed by atoms with Gasteiger partial charge in [-0.15, -0.1) is 0 Å². The third-order valence-electron chi connectivity index (χ3n) is 9.54. The van der Waals surface area contributed by atoms with Crippen LogP contribution in [0.1, 0.15) is 266 Å². The lowest BCUT2D eigenvalue weighted by molar-refractivity contribution is 0.440. The predicted octanol–water partition coefficient (Wildman–Crippen LogP) is 14.7. The molecule has 0 aliphatic heterocycles. The molecule has 288 valence electrons. The van der Waals surface area contributed by atoms with Gasteiger partial charge in [0.2, 0.25) is 0 Å². The van der Waals surface area contributed by atoms with Crippen LogP contribution in [0.25, 0.3) is 0 Å². The lowest BCUT2D eigenvalue weighted by Crippen LogP contribution is -2.31. The quantitative estimate of drug-likeness (QED) is 0.0582. The molecule has 0 aliphatic carbocycles. The van der Waals surface area contributed by atoms with Gasteiger partial charge in [-0.05, 0) is 46.2 Å². The first-order chi connectivity index (χ1) is 22.9. The maximum Gasteiger partial charge on any atom is 0.00970 e. The Bertz CT molecular complexity index is 461. The molecule has 0 aliphatic rings. The fourth-order valence-corrected chi connectivity index (χ4v) is 6.22. The first kappa shape index (κ1) is 51.3. The largest absolute Gasteiger partial charge is 0.330 e. The van der Waals surface area contributed by atoms with E-state index in [0.29, 0.717) is 0 Å². The second kappa shape index (κ2) is 48.0. The van der Waals surface area contributed by atoms with Gasteiger partial charge in [0.25, 0.3) is 0 Å². The lowest BCUT2D eigenvalue weighted by Gasteiger charge is -2.17. The summed E-state index contributed by atoms with van der Waals surface area (Å²) in [6.45, 7) is 12.8. The van der Waals surface area contributed by atoms with E-state index in [1.54, 1.807) is 0 Å². The molecule has 0 saturated carbocycles. The molecule has 0 aromatic rings. The van der Waals surface area contributed by atoms with Crippen molar-refractivity contribution >= 4 is 0 Å². The normalized spacial score (nSPS) is 11.2. The Hall–Kier alpha value is -0.120. The van der Waals surface area contributed by atoms with Crippen LogP contribution in [0, 0.1) is 0 Å². The molecule has 0 aromatic carbocycles. The Morgan fingerprint density at radius 1 is 0.277 bits per heavy atom. The minimum absolute atomic E-state index is 0.0428. The summed E-state index contributed by atoms with van der Waals surface area (Å²) in [4.78, 5) is 0. The summed E-state index contributed by atoms with van der Waals surface area (Å²) in [7, 11) is 0. The maximum atomic E-state index is 5.93. The van der Waals surface area contributed by atoms with Crippen LogP contribution in [0.4, 0.5) is 0 Å². The van der Waals surface area contributed by atoms with Gasteiger partial charge < -0.3 is 17.2 Å². The molecule has 0 atom stereocenters.